The van der Waals surface area contributed by atoms with Crippen LogP contribution in [0, 0.1) is 6.92 Å². The molecule has 0 spiro atoms. The second-order valence-electron chi connectivity index (χ2n) is 4.26. The summed E-state index contributed by atoms with van der Waals surface area (Å²) < 4.78 is 2.86. The fraction of sp³-hybridized carbons (Fsp3) is 0.200. The molecule has 0 N–H and O–H groups in total. The van der Waals surface area contributed by atoms with Gasteiger partial charge in [-0.3, -0.25) is 0 Å². The van der Waals surface area contributed by atoms with Crippen LogP contribution in [0.15, 0.2) is 48.5 Å². The summed E-state index contributed by atoms with van der Waals surface area (Å²) >= 11 is 0.414. The summed E-state index contributed by atoms with van der Waals surface area (Å²) in [7, 11) is 4.18. The van der Waals surface area contributed by atoms with Crippen LogP contribution in [0.25, 0.3) is 0 Å². The van der Waals surface area contributed by atoms with E-state index in [1.165, 1.54) is 20.2 Å². The van der Waals surface area contributed by atoms with Crippen molar-refractivity contribution in [2.45, 2.75) is 6.92 Å². The SMILES string of the molecule is Cc1cc([Se]c2ccccc2)ccc1N(C)C. The van der Waals surface area contributed by atoms with E-state index in [0.717, 1.165) is 0 Å². The maximum atomic E-state index is 2.31. The van der Waals surface area contributed by atoms with E-state index < -0.39 is 0 Å². The second kappa shape index (κ2) is 5.39. The van der Waals surface area contributed by atoms with E-state index in [-0.39, 0.29) is 0 Å². The topological polar surface area (TPSA) is 3.24 Å². The van der Waals surface area contributed by atoms with Crippen LogP contribution in [-0.4, -0.2) is 29.1 Å². The van der Waals surface area contributed by atoms with E-state index in [1.54, 1.807) is 0 Å². The van der Waals surface area contributed by atoms with Gasteiger partial charge < -0.3 is 0 Å². The number of hydrogen-bond donors (Lipinski definition) is 0. The molecule has 0 aliphatic heterocycles. The van der Waals surface area contributed by atoms with Crippen molar-refractivity contribution in [3.8, 4) is 0 Å². The van der Waals surface area contributed by atoms with Crippen LogP contribution in [0.1, 0.15) is 5.56 Å². The van der Waals surface area contributed by atoms with Gasteiger partial charge in [0, 0.05) is 0 Å². The molecule has 0 aromatic heterocycles. The van der Waals surface area contributed by atoms with Gasteiger partial charge in [0.25, 0.3) is 0 Å². The van der Waals surface area contributed by atoms with Crippen molar-refractivity contribution < 1.29 is 0 Å². The minimum atomic E-state index is 0.414. The summed E-state index contributed by atoms with van der Waals surface area (Å²) in [5.74, 6) is 0. The molecule has 0 saturated heterocycles. The predicted octanol–water partition coefficient (Wildman–Crippen LogP) is 1.72. The first-order valence-electron chi connectivity index (χ1n) is 5.67. The Morgan fingerprint density at radius 3 is 2.18 bits per heavy atom. The summed E-state index contributed by atoms with van der Waals surface area (Å²) in [6.07, 6.45) is 0. The molecule has 0 aliphatic carbocycles. The Kier molecular flexibility index (Phi) is 3.88. The molecule has 0 aliphatic rings. The van der Waals surface area contributed by atoms with E-state index >= 15 is 0 Å². The van der Waals surface area contributed by atoms with Crippen LogP contribution in [0.4, 0.5) is 5.69 Å². The molecule has 2 heteroatoms. The van der Waals surface area contributed by atoms with E-state index in [2.05, 4.69) is 74.4 Å². The molecule has 2 rings (SSSR count). The monoisotopic (exact) mass is 291 g/mol. The van der Waals surface area contributed by atoms with Gasteiger partial charge in [0.15, 0.2) is 0 Å². The van der Waals surface area contributed by atoms with Crippen LogP contribution in [0.5, 0.6) is 0 Å². The summed E-state index contributed by atoms with van der Waals surface area (Å²) in [5.41, 5.74) is 2.66. The van der Waals surface area contributed by atoms with Crippen molar-refractivity contribution in [1.82, 2.24) is 0 Å². The molecule has 0 atom stereocenters. The van der Waals surface area contributed by atoms with Crippen LogP contribution < -0.4 is 13.8 Å². The van der Waals surface area contributed by atoms with Crippen LogP contribution in [0.3, 0.4) is 0 Å². The molecule has 2 aromatic carbocycles. The van der Waals surface area contributed by atoms with Gasteiger partial charge >= 0.3 is 110 Å². The van der Waals surface area contributed by atoms with Crippen molar-refractivity contribution in [1.29, 1.82) is 0 Å². The Morgan fingerprint density at radius 1 is 0.882 bits per heavy atom. The molecule has 88 valence electrons. The molecule has 0 heterocycles. The Hall–Kier alpha value is -1.24. The number of benzene rings is 2. The van der Waals surface area contributed by atoms with Crippen LogP contribution in [0.2, 0.25) is 0 Å². The van der Waals surface area contributed by atoms with E-state index in [1.807, 2.05) is 0 Å². The first-order valence-corrected chi connectivity index (χ1v) is 7.39. The maximum absolute atomic E-state index is 2.31. The van der Waals surface area contributed by atoms with Gasteiger partial charge in [-0.1, -0.05) is 0 Å². The molecule has 0 fully saturated rings. The van der Waals surface area contributed by atoms with Crippen molar-refractivity contribution in [2.24, 2.45) is 0 Å². The summed E-state index contributed by atoms with van der Waals surface area (Å²) in [6.45, 7) is 2.18. The van der Waals surface area contributed by atoms with Gasteiger partial charge in [-0.05, 0) is 0 Å². The van der Waals surface area contributed by atoms with E-state index in [9.17, 15) is 0 Å². The zero-order chi connectivity index (χ0) is 12.3. The van der Waals surface area contributed by atoms with Crippen molar-refractivity contribution >= 4 is 29.6 Å². The van der Waals surface area contributed by atoms with Crippen molar-refractivity contribution in [3.05, 3.63) is 54.1 Å². The Morgan fingerprint density at radius 2 is 1.59 bits per heavy atom. The summed E-state index contributed by atoms with van der Waals surface area (Å²) in [6, 6.07) is 17.5. The van der Waals surface area contributed by atoms with Gasteiger partial charge in [-0.15, -0.1) is 0 Å². The molecule has 0 amide bonds. The fourth-order valence-electron chi connectivity index (χ4n) is 1.82. The third-order valence-electron chi connectivity index (χ3n) is 2.63. The summed E-state index contributed by atoms with van der Waals surface area (Å²) in [5, 5.41) is 0. The van der Waals surface area contributed by atoms with E-state index in [4.69, 9.17) is 0 Å². The fourth-order valence-corrected chi connectivity index (χ4v) is 3.78. The van der Waals surface area contributed by atoms with Gasteiger partial charge in [0.1, 0.15) is 0 Å². The van der Waals surface area contributed by atoms with Gasteiger partial charge in [-0.25, -0.2) is 0 Å². The van der Waals surface area contributed by atoms with Gasteiger partial charge in [0.05, 0.1) is 0 Å². The predicted molar refractivity (Wildman–Crippen MR) is 77.0 cm³/mol. The Labute approximate surface area is 110 Å². The number of anilines is 1. The first-order chi connectivity index (χ1) is 8.16. The molecule has 0 radical (unpaired) electrons. The van der Waals surface area contributed by atoms with Crippen molar-refractivity contribution in [3.63, 3.8) is 0 Å². The quantitative estimate of drug-likeness (QED) is 0.778. The molecule has 0 bridgehead atoms. The molecule has 0 saturated carbocycles. The third kappa shape index (κ3) is 3.12. The normalized spacial score (nSPS) is 10.3. The molecule has 1 nitrogen and oxygen atoms in total. The van der Waals surface area contributed by atoms with Gasteiger partial charge in [-0.2, -0.15) is 0 Å². The minimum absolute atomic E-state index is 0.414. The van der Waals surface area contributed by atoms with E-state index in [0.29, 0.717) is 15.0 Å². The molecular formula is C15H17NSe. The molecule has 2 aromatic rings. The summed E-state index contributed by atoms with van der Waals surface area (Å²) in [4.78, 5) is 2.16. The number of aryl methyl sites for hydroxylation is 1. The van der Waals surface area contributed by atoms with Gasteiger partial charge in [0.2, 0.25) is 0 Å². The second-order valence-corrected chi connectivity index (χ2v) is 6.66. The number of nitrogens with zero attached hydrogens (tertiary/aromatic N) is 1. The average molecular weight is 290 g/mol. The number of hydrogen-bond acceptors (Lipinski definition) is 1. The van der Waals surface area contributed by atoms with Crippen LogP contribution in [-0.2, 0) is 0 Å². The molecular weight excluding hydrogens is 273 g/mol. The Balaban J connectivity index is 2.21. The molecule has 0 unspecified atom stereocenters. The molecule has 17 heavy (non-hydrogen) atoms. The van der Waals surface area contributed by atoms with Crippen LogP contribution >= 0.6 is 0 Å². The van der Waals surface area contributed by atoms with Crippen molar-refractivity contribution in [2.75, 3.05) is 19.0 Å². The third-order valence-corrected chi connectivity index (χ3v) is 4.72. The Bertz CT molecular complexity index is 492. The standard InChI is InChI=1S/C15H17NSe/c1-12-11-14(9-10-15(12)16(2)3)17-13-7-5-4-6-8-13/h4-11H,1-3H3. The zero-order valence-corrected chi connectivity index (χ0v) is 12.2. The average Bonchev–Trinajstić information content (AvgIpc) is 2.30. The number of rotatable bonds is 3. The first kappa shape index (κ1) is 12.2. The zero-order valence-electron chi connectivity index (χ0n) is 10.5.